The lowest BCUT2D eigenvalue weighted by Gasteiger charge is -2.14. The molecule has 0 unspecified atom stereocenters. The zero-order valence-corrected chi connectivity index (χ0v) is 19.3. The maximum Gasteiger partial charge on any atom is 0.338 e. The first-order valence-electron chi connectivity index (χ1n) is 10.5. The summed E-state index contributed by atoms with van der Waals surface area (Å²) in [5.41, 5.74) is 1.78. The fraction of sp³-hybridized carbons (Fsp3) is 0.185. The number of esters is 1. The summed E-state index contributed by atoms with van der Waals surface area (Å²) in [5, 5.41) is 0. The van der Waals surface area contributed by atoms with E-state index in [4.69, 9.17) is 23.7 Å². The Hall–Kier alpha value is -4.26. The minimum Gasteiger partial charge on any atom is -0.493 e. The van der Waals surface area contributed by atoms with Crippen molar-refractivity contribution in [3.05, 3.63) is 89.5 Å². The Labute approximate surface area is 198 Å². The zero-order chi connectivity index (χ0) is 24.3. The summed E-state index contributed by atoms with van der Waals surface area (Å²) >= 11 is 0. The van der Waals surface area contributed by atoms with Crippen molar-refractivity contribution >= 4 is 17.8 Å². The van der Waals surface area contributed by atoms with Crippen LogP contribution in [-0.4, -0.2) is 46.3 Å². The predicted molar refractivity (Wildman–Crippen MR) is 128 cm³/mol. The summed E-state index contributed by atoms with van der Waals surface area (Å²) in [5.74, 6) is 1.15. The number of carbonyl (C=O) groups excluding carboxylic acids is 2. The summed E-state index contributed by atoms with van der Waals surface area (Å²) < 4.78 is 26.7. The maximum absolute atomic E-state index is 12.4. The highest BCUT2D eigenvalue weighted by Crippen LogP contribution is 2.38. The Kier molecular flexibility index (Phi) is 8.68. The Balaban J connectivity index is 1.49. The van der Waals surface area contributed by atoms with Gasteiger partial charge in [0.15, 0.2) is 17.3 Å². The Bertz CT molecular complexity index is 1110. The molecule has 7 nitrogen and oxygen atoms in total. The maximum atomic E-state index is 12.4. The van der Waals surface area contributed by atoms with Gasteiger partial charge in [-0.25, -0.2) is 4.79 Å². The van der Waals surface area contributed by atoms with Crippen LogP contribution < -0.4 is 18.9 Å². The number of benzene rings is 3. The van der Waals surface area contributed by atoms with Gasteiger partial charge in [-0.15, -0.1) is 0 Å². The van der Waals surface area contributed by atoms with Gasteiger partial charge in [0.2, 0.25) is 5.75 Å². The van der Waals surface area contributed by atoms with Crippen molar-refractivity contribution in [3.63, 3.8) is 0 Å². The van der Waals surface area contributed by atoms with Crippen LogP contribution in [0.15, 0.2) is 72.8 Å². The van der Waals surface area contributed by atoms with E-state index in [0.29, 0.717) is 28.6 Å². The van der Waals surface area contributed by atoms with Gasteiger partial charge in [-0.1, -0.05) is 48.5 Å². The first-order valence-corrected chi connectivity index (χ1v) is 10.5. The number of allylic oxidation sites excluding steroid dienone is 1. The zero-order valence-electron chi connectivity index (χ0n) is 19.3. The molecule has 34 heavy (non-hydrogen) atoms. The van der Waals surface area contributed by atoms with Crippen LogP contribution in [0.25, 0.3) is 6.08 Å². The van der Waals surface area contributed by atoms with Gasteiger partial charge in [0.25, 0.3) is 0 Å². The molecule has 0 saturated heterocycles. The van der Waals surface area contributed by atoms with Crippen LogP contribution in [0.2, 0.25) is 0 Å². The van der Waals surface area contributed by atoms with Gasteiger partial charge in [0.05, 0.1) is 26.9 Å². The van der Waals surface area contributed by atoms with Crippen LogP contribution in [-0.2, 0) is 4.74 Å². The lowest BCUT2D eigenvalue weighted by molar-refractivity contribution is 0.0449. The van der Waals surface area contributed by atoms with E-state index in [1.807, 2.05) is 30.3 Å². The van der Waals surface area contributed by atoms with Crippen molar-refractivity contribution in [2.24, 2.45) is 0 Å². The molecule has 0 fully saturated rings. The van der Waals surface area contributed by atoms with Crippen molar-refractivity contribution in [1.82, 2.24) is 0 Å². The van der Waals surface area contributed by atoms with Crippen molar-refractivity contribution in [3.8, 4) is 23.0 Å². The molecule has 176 valence electrons. The molecule has 3 rings (SSSR count). The average molecular weight is 462 g/mol. The van der Waals surface area contributed by atoms with Crippen LogP contribution in [0.4, 0.5) is 0 Å². The summed E-state index contributed by atoms with van der Waals surface area (Å²) in [6.45, 7) is 0.237. The molecule has 0 spiro atoms. The molecule has 7 heteroatoms. The molecule has 3 aromatic rings. The lowest BCUT2D eigenvalue weighted by atomic mass is 10.1. The van der Waals surface area contributed by atoms with Gasteiger partial charge in [-0.2, -0.15) is 0 Å². The predicted octanol–water partition coefficient (Wildman–Crippen LogP) is 4.84. The molecule has 0 heterocycles. The van der Waals surface area contributed by atoms with E-state index < -0.39 is 5.97 Å². The van der Waals surface area contributed by atoms with Crippen molar-refractivity contribution in [2.75, 3.05) is 34.5 Å². The third-order valence-electron chi connectivity index (χ3n) is 4.85. The molecule has 0 amide bonds. The molecule has 0 radical (unpaired) electrons. The number of ether oxygens (including phenoxy) is 5. The van der Waals surface area contributed by atoms with E-state index in [1.54, 1.807) is 30.3 Å². The molecule has 3 aromatic carbocycles. The first-order chi connectivity index (χ1) is 16.5. The molecule has 0 bridgehead atoms. The van der Waals surface area contributed by atoms with Crippen LogP contribution in [0, 0.1) is 0 Å². The second-order valence-electron chi connectivity index (χ2n) is 7.03. The lowest BCUT2D eigenvalue weighted by Crippen LogP contribution is -2.13. The van der Waals surface area contributed by atoms with Crippen LogP contribution >= 0.6 is 0 Å². The topological polar surface area (TPSA) is 80.3 Å². The highest BCUT2D eigenvalue weighted by Gasteiger charge is 2.17. The number of hydrogen-bond donors (Lipinski definition) is 0. The van der Waals surface area contributed by atoms with Crippen LogP contribution in [0.1, 0.15) is 26.3 Å². The third kappa shape index (κ3) is 6.38. The summed E-state index contributed by atoms with van der Waals surface area (Å²) in [7, 11) is 4.44. The number of carbonyl (C=O) groups is 2. The largest absolute Gasteiger partial charge is 0.493 e. The van der Waals surface area contributed by atoms with Gasteiger partial charge in [0, 0.05) is 5.56 Å². The van der Waals surface area contributed by atoms with Crippen molar-refractivity contribution < 1.29 is 33.3 Å². The Morgan fingerprint density at radius 2 is 1.41 bits per heavy atom. The normalized spacial score (nSPS) is 10.6. The molecular formula is C27H26O7. The fourth-order valence-electron chi connectivity index (χ4n) is 3.12. The molecule has 0 aliphatic heterocycles. The van der Waals surface area contributed by atoms with Crippen LogP contribution in [0.5, 0.6) is 23.0 Å². The van der Waals surface area contributed by atoms with Gasteiger partial charge >= 0.3 is 5.97 Å². The molecular weight excluding hydrogens is 436 g/mol. The minimum absolute atomic E-state index is 0.0583. The second kappa shape index (κ2) is 12.1. The molecule has 0 aromatic heterocycles. The van der Waals surface area contributed by atoms with Gasteiger partial charge < -0.3 is 23.7 Å². The van der Waals surface area contributed by atoms with Gasteiger partial charge in [0.1, 0.15) is 19.0 Å². The summed E-state index contributed by atoms with van der Waals surface area (Å²) in [4.78, 5) is 24.5. The number of hydrogen-bond acceptors (Lipinski definition) is 7. The van der Waals surface area contributed by atoms with E-state index >= 15 is 0 Å². The summed E-state index contributed by atoms with van der Waals surface area (Å²) in [6, 6.07) is 19.4. The molecule has 0 atom stereocenters. The molecule has 0 saturated carbocycles. The Morgan fingerprint density at radius 3 is 2.00 bits per heavy atom. The van der Waals surface area contributed by atoms with E-state index in [9.17, 15) is 9.59 Å². The Morgan fingerprint density at radius 1 is 0.765 bits per heavy atom. The van der Waals surface area contributed by atoms with E-state index in [1.165, 1.54) is 39.5 Å². The highest BCUT2D eigenvalue weighted by molar-refractivity contribution is 6.06. The van der Waals surface area contributed by atoms with Crippen molar-refractivity contribution in [1.29, 1.82) is 0 Å². The van der Waals surface area contributed by atoms with Gasteiger partial charge in [-0.3, -0.25) is 4.79 Å². The van der Waals surface area contributed by atoms with E-state index in [-0.39, 0.29) is 24.6 Å². The number of methoxy groups -OCH3 is 3. The smallest absolute Gasteiger partial charge is 0.338 e. The van der Waals surface area contributed by atoms with E-state index in [2.05, 4.69) is 0 Å². The van der Waals surface area contributed by atoms with Crippen LogP contribution in [0.3, 0.4) is 0 Å². The molecule has 0 N–H and O–H groups in total. The standard InChI is InChI=1S/C27H26O7/c1-30-24-17-21(18-25(31-2)26(24)32-3)27(29)34-16-15-33-22-12-9-19(10-13-22)11-14-23(28)20-7-5-4-6-8-20/h4-14,17-18H,15-16H2,1-3H3/b14-11-. The quantitative estimate of drug-likeness (QED) is 0.174. The second-order valence-corrected chi connectivity index (χ2v) is 7.03. The highest BCUT2D eigenvalue weighted by atomic mass is 16.6. The fourth-order valence-corrected chi connectivity index (χ4v) is 3.12. The third-order valence-corrected chi connectivity index (χ3v) is 4.85. The number of ketones is 1. The molecule has 0 aliphatic carbocycles. The van der Waals surface area contributed by atoms with Crippen molar-refractivity contribution in [2.45, 2.75) is 0 Å². The SMILES string of the molecule is COc1cc(C(=O)OCCOc2ccc(/C=C\C(=O)c3ccccc3)cc2)cc(OC)c1OC. The monoisotopic (exact) mass is 462 g/mol. The first kappa shape index (κ1) is 24.4. The number of rotatable bonds is 11. The van der Waals surface area contributed by atoms with E-state index in [0.717, 1.165) is 5.56 Å². The summed E-state index contributed by atoms with van der Waals surface area (Å²) in [6.07, 6.45) is 3.28. The average Bonchev–Trinajstić information content (AvgIpc) is 2.89. The minimum atomic E-state index is -0.536. The molecule has 0 aliphatic rings. The van der Waals surface area contributed by atoms with Gasteiger partial charge in [-0.05, 0) is 35.9 Å².